The van der Waals surface area contributed by atoms with E-state index in [1.165, 1.54) is 17.8 Å². The Labute approximate surface area is 295 Å². The summed E-state index contributed by atoms with van der Waals surface area (Å²) in [6.45, 7) is 0.262. The molecule has 0 aliphatic carbocycles. The van der Waals surface area contributed by atoms with Crippen molar-refractivity contribution < 1.29 is 23.1 Å². The number of carboxylic acids is 1. The maximum Gasteiger partial charge on any atom is 0.339 e. The molecule has 1 heterocycles. The third-order valence-corrected chi connectivity index (χ3v) is 11.5. The number of hydrogen-bond acceptors (Lipinski definition) is 5. The molecule has 10 heteroatoms. The van der Waals surface area contributed by atoms with Gasteiger partial charge in [0.05, 0.1) is 12.6 Å². The smallest absolute Gasteiger partial charge is 0.339 e. The van der Waals surface area contributed by atoms with Crippen LogP contribution in [0.1, 0.15) is 45.4 Å². The fourth-order valence-electron chi connectivity index (χ4n) is 5.96. The van der Waals surface area contributed by atoms with Crippen molar-refractivity contribution in [2.24, 2.45) is 0 Å². The van der Waals surface area contributed by atoms with E-state index in [4.69, 9.17) is 16.3 Å². The minimum atomic E-state index is -3.60. The van der Waals surface area contributed by atoms with Crippen LogP contribution in [0, 0.1) is 0 Å². The number of thioether (sulfide) groups is 1. The molecule has 2 N–H and O–H groups in total. The Bertz CT molecular complexity index is 2090. The number of ether oxygens (including phenoxy) is 1. The van der Waals surface area contributed by atoms with Gasteiger partial charge in [0, 0.05) is 39.5 Å². The summed E-state index contributed by atoms with van der Waals surface area (Å²) in [5.74, 6) is -1.18. The van der Waals surface area contributed by atoms with Gasteiger partial charge in [-0.15, -0.1) is 11.8 Å². The summed E-state index contributed by atoms with van der Waals surface area (Å²) in [6.07, 6.45) is 2.49. The Balaban J connectivity index is 1.36. The van der Waals surface area contributed by atoms with Gasteiger partial charge in [0.15, 0.2) is 0 Å². The Morgan fingerprint density at radius 1 is 0.837 bits per heavy atom. The molecule has 7 nitrogen and oxygen atoms in total. The molecular weight excluding hydrogens is 676 g/mol. The summed E-state index contributed by atoms with van der Waals surface area (Å²) in [5, 5.41) is 11.1. The molecule has 1 unspecified atom stereocenters. The van der Waals surface area contributed by atoms with Crippen molar-refractivity contribution in [1.82, 2.24) is 9.29 Å². The largest absolute Gasteiger partial charge is 0.492 e. The molecule has 0 amide bonds. The molecule has 0 spiro atoms. The molecule has 6 aromatic rings. The number of aromatic carboxylic acids is 1. The highest BCUT2D eigenvalue weighted by Crippen LogP contribution is 2.38. The fraction of sp³-hybridized carbons (Fsp3) is 0.154. The number of fused-ring (bicyclic) bond motifs is 1. The van der Waals surface area contributed by atoms with Crippen LogP contribution in [-0.2, 0) is 10.0 Å². The van der Waals surface area contributed by atoms with Gasteiger partial charge in [-0.25, -0.2) is 17.9 Å². The van der Waals surface area contributed by atoms with Crippen molar-refractivity contribution in [2.75, 3.05) is 18.2 Å². The quantitative estimate of drug-likeness (QED) is 0.103. The number of rotatable bonds is 15. The molecule has 0 saturated carbocycles. The second-order valence-corrected chi connectivity index (χ2v) is 15.2. The highest BCUT2D eigenvalue weighted by atomic mass is 35.5. The molecular formula is C39H35ClN2O5S2. The van der Waals surface area contributed by atoms with Crippen molar-refractivity contribution in [3.05, 3.63) is 167 Å². The molecule has 0 radical (unpaired) electrons. The molecule has 1 aromatic heterocycles. The maximum atomic E-state index is 13.0. The number of para-hydroxylation sites is 1. The van der Waals surface area contributed by atoms with Gasteiger partial charge in [0.2, 0.25) is 10.0 Å². The minimum absolute atomic E-state index is 0.0542. The number of nitrogens with one attached hydrogen (secondary N) is 1. The number of aromatic nitrogens is 1. The Morgan fingerprint density at radius 2 is 1.45 bits per heavy atom. The summed E-state index contributed by atoms with van der Waals surface area (Å²) in [5.41, 5.74) is 4.12. The van der Waals surface area contributed by atoms with Crippen LogP contribution in [-0.4, -0.2) is 42.3 Å². The maximum absolute atomic E-state index is 13.0. The van der Waals surface area contributed by atoms with Gasteiger partial charge in [-0.1, -0.05) is 103 Å². The van der Waals surface area contributed by atoms with Gasteiger partial charge in [0.1, 0.15) is 16.4 Å². The van der Waals surface area contributed by atoms with Crippen LogP contribution in [0.25, 0.3) is 10.9 Å². The lowest BCUT2D eigenvalue weighted by molar-refractivity contribution is 0.0691. The van der Waals surface area contributed by atoms with Gasteiger partial charge in [0.25, 0.3) is 0 Å². The third kappa shape index (κ3) is 8.55. The summed E-state index contributed by atoms with van der Waals surface area (Å²) in [7, 11) is -3.60. The van der Waals surface area contributed by atoms with Crippen molar-refractivity contribution >= 4 is 50.3 Å². The average molecular weight is 711 g/mol. The van der Waals surface area contributed by atoms with Gasteiger partial charge in [-0.3, -0.25) is 0 Å². The molecule has 1 atom stereocenters. The van der Waals surface area contributed by atoms with E-state index in [0.717, 1.165) is 32.5 Å². The zero-order valence-electron chi connectivity index (χ0n) is 26.5. The lowest BCUT2D eigenvalue weighted by atomic mass is 9.96. The van der Waals surface area contributed by atoms with Gasteiger partial charge in [-0.05, 0) is 65.6 Å². The van der Waals surface area contributed by atoms with Crippen LogP contribution in [0.3, 0.4) is 0 Å². The van der Waals surface area contributed by atoms with Gasteiger partial charge in [-0.2, -0.15) is 0 Å². The standard InChI is InChI=1S/C39H35ClN2O5S2/c40-31-20-21-36-34(24-31)35(25-42(36)38(28-12-4-1-5-13-28)29-14-6-2-7-15-29)30(26-47-37-19-11-10-18-33(37)39(43)44)22-23-41-49(45,46)27-48-32-16-8-3-9-17-32/h1-21,24-25,30,38,41H,22-23,26-27H2,(H,43,44). The Hall–Kier alpha value is -4.54. The topological polar surface area (TPSA) is 97.6 Å². The Morgan fingerprint density at radius 3 is 2.10 bits per heavy atom. The summed E-state index contributed by atoms with van der Waals surface area (Å²) in [4.78, 5) is 12.8. The zero-order valence-corrected chi connectivity index (χ0v) is 28.9. The molecule has 0 aliphatic heterocycles. The van der Waals surface area contributed by atoms with E-state index in [-0.39, 0.29) is 41.5 Å². The van der Waals surface area contributed by atoms with Crippen molar-refractivity contribution in [1.29, 1.82) is 0 Å². The SMILES string of the molecule is O=C(O)c1ccccc1OCC(CCNS(=O)(=O)CSc1ccccc1)c1cn(C(c2ccccc2)c2ccccc2)c2ccc(Cl)cc12. The number of hydrogen-bond donors (Lipinski definition) is 2. The van der Waals surface area contributed by atoms with Crippen LogP contribution in [0.2, 0.25) is 5.02 Å². The zero-order chi connectivity index (χ0) is 34.2. The lowest BCUT2D eigenvalue weighted by Gasteiger charge is -2.22. The molecule has 250 valence electrons. The van der Waals surface area contributed by atoms with Crippen molar-refractivity contribution in [2.45, 2.75) is 23.3 Å². The first-order valence-corrected chi connectivity index (χ1v) is 18.8. The summed E-state index contributed by atoms with van der Waals surface area (Å²) >= 11 is 7.85. The summed E-state index contributed by atoms with van der Waals surface area (Å²) < 4.78 is 37.3. The fourth-order valence-corrected chi connectivity index (χ4v) is 8.41. The molecule has 0 bridgehead atoms. The first kappa shape index (κ1) is 34.3. The van der Waals surface area contributed by atoms with E-state index in [0.29, 0.717) is 11.4 Å². The number of carboxylic acid groups (broad SMARTS) is 1. The van der Waals surface area contributed by atoms with E-state index in [9.17, 15) is 18.3 Å². The number of halogens is 1. The first-order valence-electron chi connectivity index (χ1n) is 15.8. The third-order valence-electron chi connectivity index (χ3n) is 8.27. The molecule has 5 aromatic carbocycles. The predicted octanol–water partition coefficient (Wildman–Crippen LogP) is 8.85. The van der Waals surface area contributed by atoms with Crippen LogP contribution in [0.4, 0.5) is 0 Å². The molecule has 49 heavy (non-hydrogen) atoms. The van der Waals surface area contributed by atoms with Gasteiger partial charge < -0.3 is 14.4 Å². The summed E-state index contributed by atoms with van der Waals surface area (Å²) in [6, 6.07) is 42.0. The number of carbonyl (C=O) groups is 1. The number of benzene rings is 5. The molecule has 6 rings (SSSR count). The molecule has 0 aliphatic rings. The van der Waals surface area contributed by atoms with E-state index in [2.05, 4.69) is 39.8 Å². The van der Waals surface area contributed by atoms with Crippen LogP contribution in [0.15, 0.2) is 145 Å². The van der Waals surface area contributed by atoms with E-state index in [1.54, 1.807) is 18.2 Å². The lowest BCUT2D eigenvalue weighted by Crippen LogP contribution is -2.28. The monoisotopic (exact) mass is 710 g/mol. The van der Waals surface area contributed by atoms with Crippen molar-refractivity contribution in [3.63, 3.8) is 0 Å². The molecule has 0 saturated heterocycles. The first-order chi connectivity index (χ1) is 23.8. The van der Waals surface area contributed by atoms with Gasteiger partial charge >= 0.3 is 5.97 Å². The van der Waals surface area contributed by atoms with Crippen LogP contribution >= 0.6 is 23.4 Å². The van der Waals surface area contributed by atoms with E-state index >= 15 is 0 Å². The highest BCUT2D eigenvalue weighted by molar-refractivity contribution is 8.11. The molecule has 0 fully saturated rings. The predicted molar refractivity (Wildman–Crippen MR) is 197 cm³/mol. The second kappa shape index (κ2) is 15.8. The Kier molecular flexibility index (Phi) is 11.1. The number of sulfonamides is 1. The normalized spacial score (nSPS) is 12.3. The van der Waals surface area contributed by atoms with Crippen LogP contribution < -0.4 is 9.46 Å². The minimum Gasteiger partial charge on any atom is -0.492 e. The van der Waals surface area contributed by atoms with Crippen molar-refractivity contribution in [3.8, 4) is 5.75 Å². The average Bonchev–Trinajstić information content (AvgIpc) is 3.48. The van der Waals surface area contributed by atoms with Crippen LogP contribution in [0.5, 0.6) is 5.75 Å². The second-order valence-electron chi connectivity index (χ2n) is 11.6. The highest BCUT2D eigenvalue weighted by Gasteiger charge is 2.25. The van der Waals surface area contributed by atoms with E-state index < -0.39 is 16.0 Å². The number of nitrogens with zero attached hydrogens (tertiary/aromatic N) is 1. The van der Waals surface area contributed by atoms with E-state index in [1.807, 2.05) is 84.9 Å².